The highest BCUT2D eigenvalue weighted by atomic mass is 15.3. The first-order valence-electron chi connectivity index (χ1n) is 2.96. The monoisotopic (exact) mass is 116 g/mol. The summed E-state index contributed by atoms with van der Waals surface area (Å²) in [5.41, 5.74) is 6.29. The summed E-state index contributed by atoms with van der Waals surface area (Å²) in [4.78, 5) is 0. The minimum atomic E-state index is 0.378. The Labute approximate surface area is 51.6 Å². The summed E-state index contributed by atoms with van der Waals surface area (Å²) < 4.78 is 0. The van der Waals surface area contributed by atoms with Crippen LogP contribution in [0.2, 0.25) is 0 Å². The van der Waals surface area contributed by atoms with Gasteiger partial charge >= 0.3 is 0 Å². The van der Waals surface area contributed by atoms with Gasteiger partial charge < -0.3 is 0 Å². The quantitative estimate of drug-likeness (QED) is 0.520. The minimum absolute atomic E-state index is 0.378. The second kappa shape index (κ2) is 3.05. The second-order valence-corrected chi connectivity index (χ2v) is 3.16. The molecule has 0 spiro atoms. The van der Waals surface area contributed by atoms with E-state index in [9.17, 15) is 0 Å². The van der Waals surface area contributed by atoms with Crippen LogP contribution in [0.3, 0.4) is 0 Å². The van der Waals surface area contributed by atoms with E-state index in [4.69, 9.17) is 0 Å². The fraction of sp³-hybridized carbons (Fsp3) is 1.00. The van der Waals surface area contributed by atoms with E-state index >= 15 is 0 Å². The minimum Gasteiger partial charge on any atom is -0.261 e. The van der Waals surface area contributed by atoms with Gasteiger partial charge in [-0.05, 0) is 12.5 Å². The molecule has 0 bridgehead atoms. The molecule has 2 N–H and O–H groups in total. The lowest BCUT2D eigenvalue weighted by atomic mass is 9.98. The Bertz CT molecular complexity index is 54.0. The van der Waals surface area contributed by atoms with Crippen LogP contribution in [0.15, 0.2) is 0 Å². The Kier molecular flexibility index (Phi) is 3.02. The number of hydrogen-bond donors (Lipinski definition) is 2. The van der Waals surface area contributed by atoms with Crippen molar-refractivity contribution < 1.29 is 0 Å². The maximum Gasteiger partial charge on any atom is 0.0148 e. The van der Waals surface area contributed by atoms with Crippen LogP contribution in [0.5, 0.6) is 0 Å². The van der Waals surface area contributed by atoms with Crippen LogP contribution in [0.25, 0.3) is 0 Å². The van der Waals surface area contributed by atoms with Crippen molar-refractivity contribution in [2.45, 2.75) is 20.8 Å². The third-order valence-electron chi connectivity index (χ3n) is 0.795. The lowest BCUT2D eigenvalue weighted by molar-refractivity contribution is 0.360. The van der Waals surface area contributed by atoms with Crippen LogP contribution in [0.1, 0.15) is 20.8 Å². The Morgan fingerprint density at radius 2 is 1.75 bits per heavy atom. The molecule has 0 aliphatic rings. The highest BCUT2D eigenvalue weighted by Gasteiger charge is 2.07. The van der Waals surface area contributed by atoms with Gasteiger partial charge in [0.2, 0.25) is 0 Å². The Hall–Kier alpha value is -0.0800. The normalized spacial score (nSPS) is 12.0. The summed E-state index contributed by atoms with van der Waals surface area (Å²) >= 11 is 0. The summed E-state index contributed by atoms with van der Waals surface area (Å²) in [5.74, 6) is 0. The van der Waals surface area contributed by atoms with Gasteiger partial charge in [-0.15, -0.1) is 0 Å². The molecule has 0 heterocycles. The molecule has 0 radical (unpaired) electrons. The van der Waals surface area contributed by atoms with E-state index in [2.05, 4.69) is 31.6 Å². The molecule has 0 aromatic rings. The lowest BCUT2D eigenvalue weighted by Gasteiger charge is -2.17. The predicted octanol–water partition coefficient (Wildman–Crippen LogP) is 0.756. The van der Waals surface area contributed by atoms with E-state index in [0.717, 1.165) is 6.54 Å². The first-order chi connectivity index (χ1) is 3.56. The second-order valence-electron chi connectivity index (χ2n) is 3.16. The molecular weight excluding hydrogens is 100 g/mol. The third-order valence-corrected chi connectivity index (χ3v) is 0.795. The van der Waals surface area contributed by atoms with Gasteiger partial charge in [0.1, 0.15) is 0 Å². The summed E-state index contributed by atoms with van der Waals surface area (Å²) in [6.07, 6.45) is 0. The van der Waals surface area contributed by atoms with Crippen molar-refractivity contribution in [3.05, 3.63) is 0 Å². The molecule has 2 heteroatoms. The third kappa shape index (κ3) is 5.92. The zero-order valence-corrected chi connectivity index (χ0v) is 6.21. The SMILES string of the molecule is CNNCC(C)(C)C. The topological polar surface area (TPSA) is 24.1 Å². The maximum absolute atomic E-state index is 3.04. The van der Waals surface area contributed by atoms with E-state index in [1.165, 1.54) is 0 Å². The van der Waals surface area contributed by atoms with Crippen molar-refractivity contribution in [3.8, 4) is 0 Å². The molecule has 0 unspecified atom stereocenters. The molecule has 0 aliphatic carbocycles. The average molecular weight is 116 g/mol. The highest BCUT2D eigenvalue weighted by molar-refractivity contribution is 4.61. The highest BCUT2D eigenvalue weighted by Crippen LogP contribution is 2.09. The molecule has 0 fully saturated rings. The Balaban J connectivity index is 3.11. The van der Waals surface area contributed by atoms with Gasteiger partial charge in [-0.3, -0.25) is 10.9 Å². The van der Waals surface area contributed by atoms with Crippen LogP contribution in [-0.4, -0.2) is 13.6 Å². The van der Waals surface area contributed by atoms with Crippen LogP contribution >= 0.6 is 0 Å². The standard InChI is InChI=1S/C6H16N2/c1-6(2,3)5-8-7-4/h7-8H,5H2,1-4H3. The zero-order valence-electron chi connectivity index (χ0n) is 6.21. The van der Waals surface area contributed by atoms with E-state index in [0.29, 0.717) is 5.41 Å². The number of nitrogens with one attached hydrogen (secondary N) is 2. The van der Waals surface area contributed by atoms with Crippen LogP contribution in [-0.2, 0) is 0 Å². The first-order valence-corrected chi connectivity index (χ1v) is 2.96. The molecule has 0 aromatic heterocycles. The van der Waals surface area contributed by atoms with Gasteiger partial charge in [-0.2, -0.15) is 0 Å². The smallest absolute Gasteiger partial charge is 0.0148 e. The largest absolute Gasteiger partial charge is 0.261 e. The number of hydrazine groups is 1. The van der Waals surface area contributed by atoms with Crippen molar-refractivity contribution in [1.29, 1.82) is 0 Å². The molecule has 0 saturated carbocycles. The summed E-state index contributed by atoms with van der Waals surface area (Å²) in [6.45, 7) is 7.58. The average Bonchev–Trinajstić information content (AvgIpc) is 1.59. The molecule has 0 saturated heterocycles. The van der Waals surface area contributed by atoms with E-state index in [1.807, 2.05) is 7.05 Å². The lowest BCUT2D eigenvalue weighted by Crippen LogP contribution is -2.35. The van der Waals surface area contributed by atoms with Gasteiger partial charge in [0.15, 0.2) is 0 Å². The zero-order chi connectivity index (χ0) is 6.62. The van der Waals surface area contributed by atoms with Crippen LogP contribution in [0.4, 0.5) is 0 Å². The Morgan fingerprint density at radius 1 is 1.25 bits per heavy atom. The molecule has 50 valence electrons. The van der Waals surface area contributed by atoms with Gasteiger partial charge in [0, 0.05) is 6.54 Å². The van der Waals surface area contributed by atoms with E-state index < -0.39 is 0 Å². The fourth-order valence-electron chi connectivity index (χ4n) is 0.354. The van der Waals surface area contributed by atoms with Gasteiger partial charge in [-0.1, -0.05) is 20.8 Å². The van der Waals surface area contributed by atoms with Crippen molar-refractivity contribution in [2.75, 3.05) is 13.6 Å². The molecular formula is C6H16N2. The first kappa shape index (κ1) is 7.92. The number of rotatable bonds is 2. The predicted molar refractivity (Wildman–Crippen MR) is 36.5 cm³/mol. The maximum atomic E-state index is 3.04. The van der Waals surface area contributed by atoms with Crippen LogP contribution in [0, 0.1) is 5.41 Å². The van der Waals surface area contributed by atoms with Crippen molar-refractivity contribution in [3.63, 3.8) is 0 Å². The van der Waals surface area contributed by atoms with Crippen molar-refractivity contribution in [1.82, 2.24) is 10.9 Å². The van der Waals surface area contributed by atoms with Crippen LogP contribution < -0.4 is 10.9 Å². The number of hydrogen-bond acceptors (Lipinski definition) is 2. The molecule has 2 nitrogen and oxygen atoms in total. The van der Waals surface area contributed by atoms with E-state index in [1.54, 1.807) is 0 Å². The summed E-state index contributed by atoms with van der Waals surface area (Å²) in [6, 6.07) is 0. The molecule has 0 amide bonds. The summed E-state index contributed by atoms with van der Waals surface area (Å²) in [7, 11) is 1.88. The van der Waals surface area contributed by atoms with E-state index in [-0.39, 0.29) is 0 Å². The molecule has 8 heavy (non-hydrogen) atoms. The molecule has 0 aromatic carbocycles. The van der Waals surface area contributed by atoms with Gasteiger partial charge in [0.25, 0.3) is 0 Å². The fourth-order valence-corrected chi connectivity index (χ4v) is 0.354. The van der Waals surface area contributed by atoms with Crippen molar-refractivity contribution >= 4 is 0 Å². The molecule has 0 atom stereocenters. The summed E-state index contributed by atoms with van der Waals surface area (Å²) in [5, 5.41) is 0. The van der Waals surface area contributed by atoms with Crippen molar-refractivity contribution in [2.24, 2.45) is 5.41 Å². The van der Waals surface area contributed by atoms with Gasteiger partial charge in [-0.25, -0.2) is 0 Å². The molecule has 0 aliphatic heterocycles. The van der Waals surface area contributed by atoms with Gasteiger partial charge in [0.05, 0.1) is 0 Å². The molecule has 0 rings (SSSR count). The Morgan fingerprint density at radius 3 is 1.88 bits per heavy atom.